The molecule has 3 aromatic rings. The quantitative estimate of drug-likeness (QED) is 0.425. The number of anilines is 1. The lowest BCUT2D eigenvalue weighted by Crippen LogP contribution is -2.52. The molecule has 0 bridgehead atoms. The van der Waals surface area contributed by atoms with Crippen molar-refractivity contribution in [1.82, 2.24) is 9.88 Å². The monoisotopic (exact) mass is 488 g/mol. The van der Waals surface area contributed by atoms with Gasteiger partial charge in [0.15, 0.2) is 11.3 Å². The number of rotatable bonds is 5. The van der Waals surface area contributed by atoms with Gasteiger partial charge in [-0.05, 0) is 55.0 Å². The first kappa shape index (κ1) is 23.1. The Labute approximate surface area is 199 Å². The van der Waals surface area contributed by atoms with Crippen molar-refractivity contribution in [2.75, 3.05) is 18.4 Å². The highest BCUT2D eigenvalue weighted by molar-refractivity contribution is 7.22. The minimum atomic E-state index is -2.98. The maximum absolute atomic E-state index is 14.8. The predicted octanol–water partition coefficient (Wildman–Crippen LogP) is 3.36. The number of nitrogens with one attached hydrogen (secondary N) is 1. The highest BCUT2D eigenvalue weighted by Gasteiger charge is 2.46. The van der Waals surface area contributed by atoms with E-state index in [1.54, 1.807) is 11.8 Å². The van der Waals surface area contributed by atoms with Crippen LogP contribution in [0.4, 0.5) is 13.9 Å². The molecule has 1 amide bonds. The number of thiazole rings is 1. The largest absolute Gasteiger partial charge is 0.618 e. The molecule has 1 fully saturated rings. The van der Waals surface area contributed by atoms with Crippen LogP contribution in [-0.2, 0) is 24.2 Å². The molecule has 10 heteroatoms. The van der Waals surface area contributed by atoms with Crippen molar-refractivity contribution >= 4 is 32.6 Å². The molecule has 180 valence electrons. The number of aliphatic hydroxyl groups is 1. The molecule has 7 nitrogen and oxygen atoms in total. The molecule has 2 aliphatic rings. The van der Waals surface area contributed by atoms with E-state index in [0.717, 1.165) is 35.7 Å². The number of likely N-dealkylation sites (tertiary alicyclic amines) is 1. The zero-order chi connectivity index (χ0) is 24.0. The first-order valence-electron chi connectivity index (χ1n) is 11.4. The van der Waals surface area contributed by atoms with Crippen molar-refractivity contribution in [3.05, 3.63) is 58.1 Å². The molecule has 34 heavy (non-hydrogen) atoms. The molecule has 1 aromatic carbocycles. The van der Waals surface area contributed by atoms with Crippen molar-refractivity contribution in [3.8, 4) is 0 Å². The number of carbonyl (C=O) groups excluding carboxylic acids is 1. The van der Waals surface area contributed by atoms with Crippen LogP contribution >= 0.6 is 11.3 Å². The van der Waals surface area contributed by atoms with Gasteiger partial charge in [-0.15, -0.1) is 0 Å². The average molecular weight is 489 g/mol. The van der Waals surface area contributed by atoms with Crippen molar-refractivity contribution in [1.29, 1.82) is 0 Å². The van der Waals surface area contributed by atoms with Gasteiger partial charge in [-0.25, -0.2) is 13.8 Å². The minimum absolute atomic E-state index is 0.0121. The number of pyridine rings is 1. The van der Waals surface area contributed by atoms with Crippen molar-refractivity contribution < 1.29 is 23.4 Å². The number of halogens is 2. The lowest BCUT2D eigenvalue weighted by molar-refractivity contribution is -0.616. The van der Waals surface area contributed by atoms with Crippen LogP contribution in [0, 0.1) is 5.21 Å². The zero-order valence-electron chi connectivity index (χ0n) is 18.8. The Morgan fingerprint density at radius 3 is 2.91 bits per heavy atom. The van der Waals surface area contributed by atoms with Crippen molar-refractivity contribution in [2.45, 2.75) is 57.1 Å². The van der Waals surface area contributed by atoms with E-state index in [1.165, 1.54) is 34.6 Å². The molecular formula is C24H26F2N4O3S. The number of hydrogen-bond donors (Lipinski definition) is 2. The zero-order valence-corrected chi connectivity index (χ0v) is 19.6. The Kier molecular flexibility index (Phi) is 5.99. The molecule has 2 atom stereocenters. The van der Waals surface area contributed by atoms with Gasteiger partial charge in [0, 0.05) is 31.6 Å². The molecule has 0 spiro atoms. The smallest absolute Gasteiger partial charge is 0.257 e. The summed E-state index contributed by atoms with van der Waals surface area (Å²) in [7, 11) is 0. The minimum Gasteiger partial charge on any atom is -0.618 e. The average Bonchev–Trinajstić information content (AvgIpc) is 3.42. The van der Waals surface area contributed by atoms with Gasteiger partial charge in [0.1, 0.15) is 6.61 Å². The van der Waals surface area contributed by atoms with E-state index in [0.29, 0.717) is 9.86 Å². The summed E-state index contributed by atoms with van der Waals surface area (Å²) in [5, 5.41) is 24.4. The van der Waals surface area contributed by atoms with Crippen LogP contribution in [0.15, 0.2) is 30.5 Å². The van der Waals surface area contributed by atoms with Gasteiger partial charge in [0.05, 0.1) is 22.2 Å². The maximum Gasteiger partial charge on any atom is 0.257 e. The second-order valence-electron chi connectivity index (χ2n) is 9.12. The lowest BCUT2D eigenvalue weighted by Gasteiger charge is -2.40. The van der Waals surface area contributed by atoms with E-state index < -0.39 is 30.9 Å². The Bertz CT molecular complexity index is 1210. The summed E-state index contributed by atoms with van der Waals surface area (Å²) < 4.78 is 31.1. The van der Waals surface area contributed by atoms with Gasteiger partial charge >= 0.3 is 0 Å². The fraction of sp³-hybridized carbons (Fsp3) is 0.458. The molecule has 1 saturated heterocycles. The summed E-state index contributed by atoms with van der Waals surface area (Å²) in [4.78, 5) is 19.3. The third kappa shape index (κ3) is 4.25. The van der Waals surface area contributed by atoms with Gasteiger partial charge in [0.2, 0.25) is 11.6 Å². The number of alkyl halides is 2. The number of benzene rings is 1. The predicted molar refractivity (Wildman–Crippen MR) is 125 cm³/mol. The number of amides is 1. The van der Waals surface area contributed by atoms with Crippen LogP contribution in [0.3, 0.4) is 0 Å². The first-order valence-corrected chi connectivity index (χ1v) is 12.2. The summed E-state index contributed by atoms with van der Waals surface area (Å²) in [5.74, 6) is -4.47. The number of hydrogen-bond acceptors (Lipinski definition) is 6. The van der Waals surface area contributed by atoms with Gasteiger partial charge < -0.3 is 15.6 Å². The van der Waals surface area contributed by atoms with Gasteiger partial charge in [0.25, 0.3) is 5.92 Å². The molecule has 3 heterocycles. The summed E-state index contributed by atoms with van der Waals surface area (Å²) in [6, 6.07) is 6.28. The highest BCUT2D eigenvalue weighted by Crippen LogP contribution is 2.41. The normalized spacial score (nSPS) is 20.9. The molecular weight excluding hydrogens is 462 g/mol. The second-order valence-corrected chi connectivity index (χ2v) is 10.2. The summed E-state index contributed by atoms with van der Waals surface area (Å²) in [6.07, 6.45) is 4.01. The van der Waals surface area contributed by atoms with Crippen LogP contribution < -0.4 is 10.0 Å². The molecule has 0 unspecified atom stereocenters. The second kappa shape index (κ2) is 8.83. The highest BCUT2D eigenvalue weighted by atomic mass is 32.1. The Balaban J connectivity index is 1.31. The number of piperidine rings is 1. The number of aromatic nitrogens is 2. The third-order valence-corrected chi connectivity index (χ3v) is 7.94. The number of carbonyl (C=O) groups is 1. The number of aliphatic hydroxyl groups excluding tert-OH is 1. The van der Waals surface area contributed by atoms with E-state index in [2.05, 4.69) is 22.4 Å². The van der Waals surface area contributed by atoms with Crippen LogP contribution in [0.25, 0.3) is 10.2 Å². The number of fused-ring (bicyclic) bond motifs is 2. The van der Waals surface area contributed by atoms with Crippen LogP contribution in [0.5, 0.6) is 0 Å². The van der Waals surface area contributed by atoms with Crippen LogP contribution in [0.1, 0.15) is 48.1 Å². The van der Waals surface area contributed by atoms with E-state index in [1.807, 2.05) is 0 Å². The van der Waals surface area contributed by atoms with Crippen LogP contribution in [0.2, 0.25) is 0 Å². The van der Waals surface area contributed by atoms with Crippen molar-refractivity contribution in [2.24, 2.45) is 0 Å². The summed E-state index contributed by atoms with van der Waals surface area (Å²) in [6.45, 7) is 1.20. The molecule has 2 N–H and O–H groups in total. The molecule has 1 aliphatic heterocycles. The number of aryl methyl sites for hydroxylation is 2. The molecule has 5 rings (SSSR count). The Hall–Kier alpha value is -2.69. The Morgan fingerprint density at radius 2 is 2.15 bits per heavy atom. The molecule has 0 saturated carbocycles. The van der Waals surface area contributed by atoms with Gasteiger partial charge in [-0.3, -0.25) is 9.69 Å². The maximum atomic E-state index is 14.8. The lowest BCUT2D eigenvalue weighted by atomic mass is 9.86. The topological polar surface area (TPSA) is 92.4 Å². The molecule has 1 aliphatic carbocycles. The van der Waals surface area contributed by atoms with Crippen molar-refractivity contribution in [3.63, 3.8) is 0 Å². The van der Waals surface area contributed by atoms with E-state index in [-0.39, 0.29) is 30.3 Å². The fourth-order valence-electron chi connectivity index (χ4n) is 4.94. The van der Waals surface area contributed by atoms with E-state index >= 15 is 0 Å². The van der Waals surface area contributed by atoms with Crippen LogP contribution in [-0.4, -0.2) is 46.0 Å². The first-order chi connectivity index (χ1) is 16.2. The van der Waals surface area contributed by atoms with Gasteiger partial charge in [-0.2, -0.15) is 4.73 Å². The molecule has 0 radical (unpaired) electrons. The summed E-state index contributed by atoms with van der Waals surface area (Å²) >= 11 is 1.42. The standard InChI is InChI=1S/C24H26F2N4O3S/c1-14(22(32)28-23-27-20-10-15-3-2-4-16(15)11-21(20)34-23)29-8-6-24(25,26)19(12-29)17-5-7-30(33)18(9-17)13-31/h5,7,9-11,14,19,31H,2-4,6,8,12-13H2,1H3,(H,27,28,32)/t14-,19+/m0/s1. The number of nitrogens with zero attached hydrogens (tertiary/aromatic N) is 3. The fourth-order valence-corrected chi connectivity index (χ4v) is 5.85. The van der Waals surface area contributed by atoms with E-state index in [9.17, 15) is 23.9 Å². The SMILES string of the molecule is C[C@@H](C(=O)Nc1nc2cc3c(cc2s1)CCC3)N1CCC(F)(F)[C@@H](c2cc[n+]([O-])c(CO)c2)C1. The van der Waals surface area contributed by atoms with Gasteiger partial charge in [-0.1, -0.05) is 11.3 Å². The molecule has 2 aromatic heterocycles. The third-order valence-electron chi connectivity index (χ3n) is 7.00. The Morgan fingerprint density at radius 1 is 1.38 bits per heavy atom. The van der Waals surface area contributed by atoms with E-state index in [4.69, 9.17) is 0 Å². The summed E-state index contributed by atoms with van der Waals surface area (Å²) in [5.41, 5.74) is 3.81.